The van der Waals surface area contributed by atoms with Crippen LogP contribution in [0, 0.1) is 33.6 Å². The molecule has 0 atom stereocenters. The lowest BCUT2D eigenvalue weighted by Gasteiger charge is -2.32. The van der Waals surface area contributed by atoms with Crippen LogP contribution in [0.5, 0.6) is 0 Å². The highest BCUT2D eigenvalue weighted by atomic mass is 32.2. The van der Waals surface area contributed by atoms with Crippen molar-refractivity contribution in [1.82, 2.24) is 19.4 Å². The molecule has 0 spiro atoms. The normalized spacial score (nSPS) is 15.4. The Morgan fingerprint density at radius 2 is 1.68 bits per heavy atom. The highest BCUT2D eigenvalue weighted by Gasteiger charge is 2.34. The van der Waals surface area contributed by atoms with Crippen LogP contribution in [0.25, 0.3) is 5.69 Å². The number of sulfonamides is 1. The van der Waals surface area contributed by atoms with E-state index in [-0.39, 0.29) is 11.8 Å². The molecule has 1 saturated heterocycles. The van der Waals surface area contributed by atoms with Gasteiger partial charge in [0.15, 0.2) is 0 Å². The number of rotatable bonds is 6. The Morgan fingerprint density at radius 3 is 2.29 bits per heavy atom. The molecule has 1 aromatic heterocycles. The van der Waals surface area contributed by atoms with Gasteiger partial charge in [0.05, 0.1) is 10.6 Å². The van der Waals surface area contributed by atoms with Crippen LogP contribution in [0.3, 0.4) is 0 Å². The largest absolute Gasteiger partial charge is 0.352 e. The van der Waals surface area contributed by atoms with E-state index in [2.05, 4.69) is 10.4 Å². The highest BCUT2D eigenvalue weighted by Crippen LogP contribution is 2.31. The summed E-state index contributed by atoms with van der Waals surface area (Å²) in [4.78, 5) is 13.3. The second-order valence-electron chi connectivity index (χ2n) is 9.06. The van der Waals surface area contributed by atoms with E-state index in [9.17, 15) is 13.2 Å². The molecule has 1 fully saturated rings. The molecule has 0 saturated carbocycles. The molecule has 0 bridgehead atoms. The first kappa shape index (κ1) is 24.2. The van der Waals surface area contributed by atoms with Crippen LogP contribution in [-0.2, 0) is 21.4 Å². The quantitative estimate of drug-likeness (QED) is 0.581. The summed E-state index contributed by atoms with van der Waals surface area (Å²) < 4.78 is 30.3. The summed E-state index contributed by atoms with van der Waals surface area (Å²) in [5, 5.41) is 7.33. The van der Waals surface area contributed by atoms with Gasteiger partial charge in [0, 0.05) is 37.9 Å². The zero-order valence-electron chi connectivity index (χ0n) is 20.2. The predicted octanol–water partition coefficient (Wildman–Crippen LogP) is 3.82. The van der Waals surface area contributed by atoms with Crippen molar-refractivity contribution in [3.8, 4) is 5.69 Å². The summed E-state index contributed by atoms with van der Waals surface area (Å²) in [6.07, 6.45) is 4.61. The van der Waals surface area contributed by atoms with Crippen LogP contribution in [-0.4, -0.2) is 41.5 Å². The fourth-order valence-corrected chi connectivity index (χ4v) is 6.72. The summed E-state index contributed by atoms with van der Waals surface area (Å²) in [6, 6.07) is 11.7. The first-order valence-electron chi connectivity index (χ1n) is 11.6. The minimum atomic E-state index is -3.61. The Morgan fingerprint density at radius 1 is 1.03 bits per heavy atom. The zero-order chi connectivity index (χ0) is 24.5. The first-order valence-corrected chi connectivity index (χ1v) is 13.1. The zero-order valence-corrected chi connectivity index (χ0v) is 21.0. The number of nitrogens with zero attached hydrogens (tertiary/aromatic N) is 3. The van der Waals surface area contributed by atoms with E-state index in [0.29, 0.717) is 37.4 Å². The van der Waals surface area contributed by atoms with Crippen molar-refractivity contribution in [2.45, 2.75) is 52.0 Å². The predicted molar refractivity (Wildman–Crippen MR) is 132 cm³/mol. The Kier molecular flexibility index (Phi) is 6.91. The molecule has 1 aliphatic heterocycles. The summed E-state index contributed by atoms with van der Waals surface area (Å²) in [6.45, 7) is 8.72. The number of carbonyl (C=O) groups excluding carboxylic acids is 1. The number of carbonyl (C=O) groups is 1. The van der Waals surface area contributed by atoms with E-state index in [1.807, 2.05) is 70.3 Å². The summed E-state index contributed by atoms with van der Waals surface area (Å²) in [5.74, 6) is -0.240. The first-order chi connectivity index (χ1) is 16.2. The number of nitrogens with one attached hydrogen (secondary N) is 1. The molecular weight excluding hydrogens is 448 g/mol. The summed E-state index contributed by atoms with van der Waals surface area (Å²) in [7, 11) is -3.61. The molecule has 0 radical (unpaired) electrons. The number of hydrogen-bond acceptors (Lipinski definition) is 4. The van der Waals surface area contributed by atoms with Crippen molar-refractivity contribution >= 4 is 15.9 Å². The van der Waals surface area contributed by atoms with Crippen molar-refractivity contribution < 1.29 is 13.2 Å². The average Bonchev–Trinajstić information content (AvgIpc) is 3.36. The lowest BCUT2D eigenvalue weighted by molar-refractivity contribution is -0.126. The van der Waals surface area contributed by atoms with Crippen molar-refractivity contribution in [3.05, 3.63) is 76.6 Å². The number of para-hydroxylation sites is 1. The van der Waals surface area contributed by atoms with Gasteiger partial charge in [0.25, 0.3) is 0 Å². The molecule has 4 rings (SSSR count). The maximum absolute atomic E-state index is 13.5. The fourth-order valence-electron chi connectivity index (χ4n) is 4.68. The van der Waals surface area contributed by atoms with Crippen molar-refractivity contribution in [3.63, 3.8) is 0 Å². The van der Waals surface area contributed by atoms with E-state index in [4.69, 9.17) is 0 Å². The minimum Gasteiger partial charge on any atom is -0.352 e. The van der Waals surface area contributed by atoms with Gasteiger partial charge in [-0.2, -0.15) is 9.40 Å². The fraction of sp³-hybridized carbons (Fsp3) is 0.385. The van der Waals surface area contributed by atoms with Crippen LogP contribution >= 0.6 is 0 Å². The van der Waals surface area contributed by atoms with Gasteiger partial charge in [-0.05, 0) is 80.5 Å². The van der Waals surface area contributed by atoms with E-state index < -0.39 is 10.0 Å². The Hall–Kier alpha value is -2.97. The molecule has 8 heteroatoms. The van der Waals surface area contributed by atoms with Gasteiger partial charge in [-0.3, -0.25) is 4.79 Å². The molecule has 0 aliphatic carbocycles. The molecule has 2 heterocycles. The molecular formula is C26H32N4O3S. The van der Waals surface area contributed by atoms with Crippen LogP contribution in [0.2, 0.25) is 0 Å². The second kappa shape index (κ2) is 9.72. The monoisotopic (exact) mass is 480 g/mol. The molecule has 180 valence electrons. The van der Waals surface area contributed by atoms with Crippen molar-refractivity contribution in [2.24, 2.45) is 5.92 Å². The Balaban J connectivity index is 1.41. The van der Waals surface area contributed by atoms with E-state index in [1.54, 1.807) is 10.9 Å². The Labute approximate surface area is 201 Å². The van der Waals surface area contributed by atoms with Gasteiger partial charge >= 0.3 is 0 Å². The number of hydrogen-bond donors (Lipinski definition) is 1. The molecule has 1 aliphatic rings. The number of aromatic nitrogens is 2. The van der Waals surface area contributed by atoms with Crippen LogP contribution in [0.15, 0.2) is 53.7 Å². The van der Waals surface area contributed by atoms with Crippen LogP contribution < -0.4 is 5.32 Å². The third-order valence-corrected chi connectivity index (χ3v) is 9.09. The van der Waals surface area contributed by atoms with Gasteiger partial charge in [-0.1, -0.05) is 24.3 Å². The maximum atomic E-state index is 13.5. The van der Waals surface area contributed by atoms with Gasteiger partial charge in [0.1, 0.15) is 0 Å². The topological polar surface area (TPSA) is 84.3 Å². The van der Waals surface area contributed by atoms with Crippen LogP contribution in [0.4, 0.5) is 0 Å². The Bertz CT molecular complexity index is 1270. The van der Waals surface area contributed by atoms with Gasteiger partial charge in [0.2, 0.25) is 15.9 Å². The lowest BCUT2D eigenvalue weighted by atomic mass is 9.97. The van der Waals surface area contributed by atoms with Crippen molar-refractivity contribution in [2.75, 3.05) is 13.1 Å². The van der Waals surface area contributed by atoms with Crippen LogP contribution in [0.1, 0.15) is 40.7 Å². The molecule has 2 aromatic carbocycles. The van der Waals surface area contributed by atoms with E-state index >= 15 is 0 Å². The minimum absolute atomic E-state index is 0.0360. The molecule has 1 N–H and O–H groups in total. The van der Waals surface area contributed by atoms with E-state index in [0.717, 1.165) is 33.5 Å². The second-order valence-corrected chi connectivity index (χ2v) is 10.9. The highest BCUT2D eigenvalue weighted by molar-refractivity contribution is 7.89. The third kappa shape index (κ3) is 4.65. The molecule has 34 heavy (non-hydrogen) atoms. The summed E-state index contributed by atoms with van der Waals surface area (Å²) in [5.41, 5.74) is 5.46. The van der Waals surface area contributed by atoms with E-state index in [1.165, 1.54) is 4.31 Å². The van der Waals surface area contributed by atoms with Crippen molar-refractivity contribution in [1.29, 1.82) is 0 Å². The number of benzene rings is 2. The smallest absolute Gasteiger partial charge is 0.243 e. The molecule has 0 unspecified atom stereocenters. The summed E-state index contributed by atoms with van der Waals surface area (Å²) >= 11 is 0. The maximum Gasteiger partial charge on any atom is 0.243 e. The number of aryl methyl sites for hydroxylation is 2. The number of piperidine rings is 1. The van der Waals surface area contributed by atoms with Gasteiger partial charge < -0.3 is 5.32 Å². The SMILES string of the molecule is Cc1cc(C)c(C)c(S(=O)(=O)N2CCC(C(=O)NCc3ccccc3-n3cccn3)CC2)c1C. The lowest BCUT2D eigenvalue weighted by Crippen LogP contribution is -2.43. The molecule has 3 aromatic rings. The van der Waals surface area contributed by atoms with Gasteiger partial charge in [-0.25, -0.2) is 13.1 Å². The average molecular weight is 481 g/mol. The molecule has 7 nitrogen and oxygen atoms in total. The standard InChI is InChI=1S/C26H32N4O3S/c1-18-16-19(2)21(4)25(20(18)3)34(32,33)29-14-10-22(11-15-29)26(31)27-17-23-8-5-6-9-24(23)30-13-7-12-28-30/h5-9,12-13,16,22H,10-11,14-15,17H2,1-4H3,(H,27,31). The number of amides is 1. The van der Waals surface area contributed by atoms with Gasteiger partial charge in [-0.15, -0.1) is 0 Å². The third-order valence-electron chi connectivity index (χ3n) is 6.92. The molecule has 1 amide bonds.